The molecule has 2 heterocycles. The maximum absolute atomic E-state index is 12.6. The van der Waals surface area contributed by atoms with Gasteiger partial charge in [-0.2, -0.15) is 5.10 Å². The van der Waals surface area contributed by atoms with Crippen molar-refractivity contribution < 1.29 is 9.59 Å². The molecule has 1 aromatic heterocycles. The summed E-state index contributed by atoms with van der Waals surface area (Å²) in [6.07, 6.45) is 5.32. The Kier molecular flexibility index (Phi) is 4.94. The Morgan fingerprint density at radius 3 is 2.78 bits per heavy atom. The third-order valence-electron chi connectivity index (χ3n) is 5.45. The SMILES string of the molecule is Cc1cc(C(=O)NC2CCCC2)ccc1NC(=O)c1n[nH]c2c1CNCC2. The number of carbonyl (C=O) groups is 2. The summed E-state index contributed by atoms with van der Waals surface area (Å²) in [7, 11) is 0. The fourth-order valence-corrected chi connectivity index (χ4v) is 3.88. The van der Waals surface area contributed by atoms with E-state index in [0.29, 0.717) is 23.5 Å². The Balaban J connectivity index is 1.45. The average molecular weight is 367 g/mol. The molecule has 0 spiro atoms. The van der Waals surface area contributed by atoms with Crippen molar-refractivity contribution in [3.8, 4) is 0 Å². The molecule has 0 unspecified atom stereocenters. The van der Waals surface area contributed by atoms with Gasteiger partial charge in [-0.25, -0.2) is 0 Å². The molecule has 7 heteroatoms. The van der Waals surface area contributed by atoms with Crippen LogP contribution in [0.25, 0.3) is 0 Å². The van der Waals surface area contributed by atoms with Gasteiger partial charge in [0.2, 0.25) is 0 Å². The van der Waals surface area contributed by atoms with Crippen LogP contribution in [-0.4, -0.2) is 34.6 Å². The van der Waals surface area contributed by atoms with Gasteiger partial charge in [-0.3, -0.25) is 14.7 Å². The van der Waals surface area contributed by atoms with Gasteiger partial charge in [-0.1, -0.05) is 12.8 Å². The lowest BCUT2D eigenvalue weighted by Gasteiger charge is -2.14. The minimum Gasteiger partial charge on any atom is -0.349 e. The number of aryl methyl sites for hydroxylation is 1. The Bertz CT molecular complexity index is 867. The van der Waals surface area contributed by atoms with Gasteiger partial charge in [0.05, 0.1) is 0 Å². The topological polar surface area (TPSA) is 98.9 Å². The number of fused-ring (bicyclic) bond motifs is 1. The van der Waals surface area contributed by atoms with Crippen LogP contribution in [0.2, 0.25) is 0 Å². The van der Waals surface area contributed by atoms with Crippen LogP contribution < -0.4 is 16.0 Å². The summed E-state index contributed by atoms with van der Waals surface area (Å²) < 4.78 is 0. The fraction of sp³-hybridized carbons (Fsp3) is 0.450. The first-order valence-corrected chi connectivity index (χ1v) is 9.61. The Hall–Kier alpha value is -2.67. The van der Waals surface area contributed by atoms with Gasteiger partial charge < -0.3 is 16.0 Å². The van der Waals surface area contributed by atoms with E-state index >= 15 is 0 Å². The molecule has 0 bridgehead atoms. The highest BCUT2D eigenvalue weighted by Crippen LogP contribution is 2.22. The van der Waals surface area contributed by atoms with Crippen molar-refractivity contribution in [1.29, 1.82) is 0 Å². The molecule has 27 heavy (non-hydrogen) atoms. The van der Waals surface area contributed by atoms with Crippen LogP contribution in [0.5, 0.6) is 0 Å². The van der Waals surface area contributed by atoms with E-state index in [0.717, 1.165) is 42.6 Å². The summed E-state index contributed by atoms with van der Waals surface area (Å²) in [6.45, 7) is 3.43. The number of amides is 2. The third-order valence-corrected chi connectivity index (χ3v) is 5.45. The molecule has 2 amide bonds. The summed E-state index contributed by atoms with van der Waals surface area (Å²) in [5.41, 5.74) is 4.56. The predicted octanol–water partition coefficient (Wildman–Crippen LogP) is 2.29. The van der Waals surface area contributed by atoms with Gasteiger partial charge in [0.15, 0.2) is 5.69 Å². The summed E-state index contributed by atoms with van der Waals surface area (Å²) in [6, 6.07) is 5.65. The van der Waals surface area contributed by atoms with E-state index in [-0.39, 0.29) is 17.9 Å². The number of hydrogen-bond acceptors (Lipinski definition) is 4. The molecule has 2 aromatic rings. The number of aromatic amines is 1. The number of nitrogens with one attached hydrogen (secondary N) is 4. The standard InChI is InChI=1S/C20H25N5O2/c1-12-10-13(19(26)22-14-4-2-3-5-14)6-7-16(12)23-20(27)18-15-11-21-9-8-17(15)24-25-18/h6-7,10,14,21H,2-5,8-9,11H2,1H3,(H,22,26)(H,23,27)(H,24,25). The second-order valence-corrected chi connectivity index (χ2v) is 7.39. The molecule has 7 nitrogen and oxygen atoms in total. The predicted molar refractivity (Wildman–Crippen MR) is 103 cm³/mol. The summed E-state index contributed by atoms with van der Waals surface area (Å²) in [5.74, 6) is -0.280. The van der Waals surface area contributed by atoms with Crippen LogP contribution in [0.3, 0.4) is 0 Å². The van der Waals surface area contributed by atoms with E-state index in [1.54, 1.807) is 12.1 Å². The normalized spacial score (nSPS) is 16.8. The Labute approximate surface area is 158 Å². The first kappa shape index (κ1) is 17.7. The molecule has 1 aromatic carbocycles. The van der Waals surface area contributed by atoms with Crippen LogP contribution >= 0.6 is 0 Å². The third kappa shape index (κ3) is 3.73. The summed E-state index contributed by atoms with van der Waals surface area (Å²) >= 11 is 0. The van der Waals surface area contributed by atoms with Crippen LogP contribution in [0.1, 0.15) is 63.4 Å². The minimum atomic E-state index is -0.234. The molecule has 2 aliphatic rings. The van der Waals surface area contributed by atoms with E-state index in [2.05, 4.69) is 26.1 Å². The van der Waals surface area contributed by atoms with Crippen molar-refractivity contribution in [3.63, 3.8) is 0 Å². The zero-order valence-electron chi connectivity index (χ0n) is 15.5. The maximum Gasteiger partial charge on any atom is 0.276 e. The molecular formula is C20H25N5O2. The minimum absolute atomic E-state index is 0.0460. The molecule has 0 atom stereocenters. The van der Waals surface area contributed by atoms with E-state index in [1.165, 1.54) is 12.8 Å². The van der Waals surface area contributed by atoms with Crippen LogP contribution in [0.4, 0.5) is 5.69 Å². The number of aromatic nitrogens is 2. The van der Waals surface area contributed by atoms with Crippen molar-refractivity contribution in [2.24, 2.45) is 0 Å². The summed E-state index contributed by atoms with van der Waals surface area (Å²) in [4.78, 5) is 25.1. The smallest absolute Gasteiger partial charge is 0.276 e. The quantitative estimate of drug-likeness (QED) is 0.666. The molecule has 1 fully saturated rings. The largest absolute Gasteiger partial charge is 0.349 e. The molecular weight excluding hydrogens is 342 g/mol. The van der Waals surface area contributed by atoms with E-state index in [9.17, 15) is 9.59 Å². The highest BCUT2D eigenvalue weighted by atomic mass is 16.2. The van der Waals surface area contributed by atoms with E-state index in [4.69, 9.17) is 0 Å². The lowest BCUT2D eigenvalue weighted by Crippen LogP contribution is -2.32. The van der Waals surface area contributed by atoms with Gasteiger partial charge in [-0.05, 0) is 43.5 Å². The highest BCUT2D eigenvalue weighted by Gasteiger charge is 2.22. The molecule has 1 saturated carbocycles. The number of nitrogens with zero attached hydrogens (tertiary/aromatic N) is 1. The fourth-order valence-electron chi connectivity index (χ4n) is 3.88. The first-order valence-electron chi connectivity index (χ1n) is 9.61. The number of H-pyrrole nitrogens is 1. The average Bonchev–Trinajstić information content (AvgIpc) is 3.32. The molecule has 4 N–H and O–H groups in total. The van der Waals surface area contributed by atoms with Crippen molar-refractivity contribution in [2.45, 2.75) is 51.6 Å². The Morgan fingerprint density at radius 2 is 2.00 bits per heavy atom. The van der Waals surface area contributed by atoms with Crippen molar-refractivity contribution in [3.05, 3.63) is 46.3 Å². The first-order chi connectivity index (χ1) is 13.1. The van der Waals surface area contributed by atoms with Crippen molar-refractivity contribution in [1.82, 2.24) is 20.8 Å². The van der Waals surface area contributed by atoms with Crippen molar-refractivity contribution >= 4 is 17.5 Å². The van der Waals surface area contributed by atoms with Gasteiger partial charge in [-0.15, -0.1) is 0 Å². The molecule has 4 rings (SSSR count). The number of carbonyl (C=O) groups excluding carboxylic acids is 2. The van der Waals surface area contributed by atoms with Gasteiger partial charge in [0.1, 0.15) is 0 Å². The number of benzene rings is 1. The zero-order chi connectivity index (χ0) is 18.8. The molecule has 0 radical (unpaired) electrons. The van der Waals surface area contributed by atoms with Crippen LogP contribution in [0.15, 0.2) is 18.2 Å². The number of hydrogen-bond donors (Lipinski definition) is 4. The van der Waals surface area contributed by atoms with Gasteiger partial charge in [0.25, 0.3) is 11.8 Å². The summed E-state index contributed by atoms with van der Waals surface area (Å²) in [5, 5.41) is 16.4. The van der Waals surface area contributed by atoms with Gasteiger partial charge >= 0.3 is 0 Å². The zero-order valence-corrected chi connectivity index (χ0v) is 15.5. The van der Waals surface area contributed by atoms with Crippen LogP contribution in [-0.2, 0) is 13.0 Å². The van der Waals surface area contributed by atoms with E-state index < -0.39 is 0 Å². The lowest BCUT2D eigenvalue weighted by molar-refractivity contribution is 0.0937. The second kappa shape index (κ2) is 7.52. The van der Waals surface area contributed by atoms with Crippen molar-refractivity contribution in [2.75, 3.05) is 11.9 Å². The molecule has 0 saturated heterocycles. The van der Waals surface area contributed by atoms with Crippen LogP contribution in [0, 0.1) is 6.92 Å². The number of anilines is 1. The highest BCUT2D eigenvalue weighted by molar-refractivity contribution is 6.05. The lowest BCUT2D eigenvalue weighted by atomic mass is 10.1. The Morgan fingerprint density at radius 1 is 1.19 bits per heavy atom. The number of rotatable bonds is 4. The van der Waals surface area contributed by atoms with Gasteiger partial charge in [0, 0.05) is 48.1 Å². The molecule has 1 aliphatic carbocycles. The monoisotopic (exact) mass is 367 g/mol. The maximum atomic E-state index is 12.6. The molecule has 142 valence electrons. The second-order valence-electron chi connectivity index (χ2n) is 7.39. The molecule has 1 aliphatic heterocycles. The van der Waals surface area contributed by atoms with E-state index in [1.807, 2.05) is 13.0 Å².